The topological polar surface area (TPSA) is 31.6 Å². The van der Waals surface area contributed by atoms with E-state index < -0.39 is 0 Å². The van der Waals surface area contributed by atoms with Gasteiger partial charge in [0.05, 0.1) is 38.1 Å². The first-order valence-electron chi connectivity index (χ1n) is 11.2. The van der Waals surface area contributed by atoms with Crippen LogP contribution in [0.2, 0.25) is 0 Å². The van der Waals surface area contributed by atoms with E-state index in [2.05, 4.69) is 47.0 Å². The van der Waals surface area contributed by atoms with Gasteiger partial charge in [0.1, 0.15) is 16.2 Å². The number of nitrogens with zero attached hydrogens (tertiary/aromatic N) is 1. The number of hydrogen-bond donors (Lipinski definition) is 0. The van der Waals surface area contributed by atoms with Crippen LogP contribution in [0.1, 0.15) is 35.8 Å². The third-order valence-corrected chi connectivity index (χ3v) is 9.78. The van der Waals surface area contributed by atoms with E-state index in [-0.39, 0.29) is 36.2 Å². The summed E-state index contributed by atoms with van der Waals surface area (Å²) in [7, 11) is 3.48. The van der Waals surface area contributed by atoms with E-state index in [9.17, 15) is 0 Å². The molecule has 1 aliphatic carbocycles. The maximum absolute atomic E-state index is 6.75. The second-order valence-electron chi connectivity index (χ2n) is 8.85. The molecule has 3 aliphatic heterocycles. The Morgan fingerprint density at radius 2 is 1.79 bits per heavy atom. The fourth-order valence-electron chi connectivity index (χ4n) is 5.66. The molecule has 0 spiro atoms. The number of allylic oxidation sites excluding steroid dienone is 1. The van der Waals surface area contributed by atoms with Gasteiger partial charge in [-0.3, -0.25) is 0 Å². The van der Waals surface area contributed by atoms with Crippen LogP contribution < -0.4 is 38.0 Å². The van der Waals surface area contributed by atoms with E-state index in [4.69, 9.17) is 14.2 Å². The maximum Gasteiger partial charge on any atom is 0.268 e. The Kier molecular flexibility index (Phi) is 5.51. The van der Waals surface area contributed by atoms with Crippen LogP contribution in [-0.2, 0) is 11.3 Å². The molecule has 0 saturated carbocycles. The lowest BCUT2D eigenvalue weighted by Gasteiger charge is -2.37. The monoisotopic (exact) mass is 589 g/mol. The molecular weight excluding hydrogens is 565 g/mol. The molecular formula is C26H24INO3S2. The van der Waals surface area contributed by atoms with Crippen LogP contribution in [0.5, 0.6) is 11.5 Å². The van der Waals surface area contributed by atoms with Crippen molar-refractivity contribution in [1.29, 1.82) is 0 Å². The summed E-state index contributed by atoms with van der Waals surface area (Å²) >= 11 is 3.81. The predicted octanol–water partition coefficient (Wildman–Crippen LogP) is 2.70. The molecule has 0 N–H and O–H groups in total. The van der Waals surface area contributed by atoms with E-state index >= 15 is 0 Å². The van der Waals surface area contributed by atoms with Crippen LogP contribution in [0, 0.1) is 0 Å². The molecule has 0 amide bonds. The minimum Gasteiger partial charge on any atom is -1.00 e. The zero-order valence-corrected chi connectivity index (χ0v) is 22.3. The SMILES string of the molecule is COc1ccc2c(c1)C1CCC3OC4CC[n+]5c(sc6ccc(OC)cc65)C4=CC3=C1S2.[I-]. The van der Waals surface area contributed by atoms with Crippen molar-refractivity contribution in [2.75, 3.05) is 14.2 Å². The molecule has 3 aromatic rings. The quantitative estimate of drug-likeness (QED) is 0.340. The lowest BCUT2D eigenvalue weighted by Crippen LogP contribution is -3.00. The number of methoxy groups -OCH3 is 2. The first-order valence-corrected chi connectivity index (χ1v) is 12.8. The number of thioether (sulfide) groups is 1. The number of hydrogen-bond acceptors (Lipinski definition) is 5. The van der Waals surface area contributed by atoms with Crippen LogP contribution in [0.25, 0.3) is 15.8 Å². The van der Waals surface area contributed by atoms with E-state index in [1.807, 2.05) is 23.1 Å². The first kappa shape index (κ1) is 21.9. The normalized spacial score (nSPS) is 24.7. The highest BCUT2D eigenvalue weighted by molar-refractivity contribution is 8.03. The fourth-order valence-corrected chi connectivity index (χ4v) is 8.28. The average Bonchev–Trinajstić information content (AvgIpc) is 3.40. The van der Waals surface area contributed by atoms with Gasteiger partial charge in [0.25, 0.3) is 5.01 Å². The van der Waals surface area contributed by atoms with Crippen LogP contribution in [-0.4, -0.2) is 26.4 Å². The predicted molar refractivity (Wildman–Crippen MR) is 128 cm³/mol. The van der Waals surface area contributed by atoms with Gasteiger partial charge in [-0.05, 0) is 60.4 Å². The summed E-state index contributed by atoms with van der Waals surface area (Å²) in [4.78, 5) is 2.85. The molecule has 4 aliphatic rings. The minimum atomic E-state index is 0. The third kappa shape index (κ3) is 3.30. The Hall–Kier alpha value is -1.55. The van der Waals surface area contributed by atoms with E-state index in [0.29, 0.717) is 5.92 Å². The fraction of sp³-hybridized carbons (Fsp3) is 0.346. The van der Waals surface area contributed by atoms with Gasteiger partial charge in [0, 0.05) is 22.1 Å². The van der Waals surface area contributed by atoms with Gasteiger partial charge in [-0.15, -0.1) is 0 Å². The summed E-state index contributed by atoms with van der Waals surface area (Å²) in [6.45, 7) is 0.992. The number of fused-ring (bicyclic) bond motifs is 9. The number of ether oxygens (including phenoxy) is 3. The van der Waals surface area contributed by atoms with Crippen molar-refractivity contribution in [2.45, 2.75) is 48.8 Å². The Labute approximate surface area is 218 Å². The smallest absolute Gasteiger partial charge is 0.268 e. The molecule has 3 atom stereocenters. The van der Waals surface area contributed by atoms with Crippen LogP contribution in [0.15, 0.2) is 57.8 Å². The highest BCUT2D eigenvalue weighted by Gasteiger charge is 2.44. The number of thiazole rings is 1. The number of aryl methyl sites for hydroxylation is 1. The molecule has 7 rings (SSSR count). The number of benzene rings is 2. The van der Waals surface area contributed by atoms with Crippen molar-refractivity contribution >= 4 is 38.9 Å². The molecule has 0 radical (unpaired) electrons. The lowest BCUT2D eigenvalue weighted by atomic mass is 9.81. The molecule has 0 fully saturated rings. The highest BCUT2D eigenvalue weighted by Crippen LogP contribution is 2.57. The second-order valence-corrected chi connectivity index (χ2v) is 11.0. The maximum atomic E-state index is 6.75. The molecule has 170 valence electrons. The summed E-state index contributed by atoms with van der Waals surface area (Å²) in [6, 6.07) is 12.9. The van der Waals surface area contributed by atoms with Crippen molar-refractivity contribution in [3.63, 3.8) is 0 Å². The molecule has 33 heavy (non-hydrogen) atoms. The van der Waals surface area contributed by atoms with E-state index in [1.165, 1.54) is 41.7 Å². The average molecular weight is 590 g/mol. The van der Waals surface area contributed by atoms with Gasteiger partial charge < -0.3 is 38.2 Å². The number of aromatic nitrogens is 1. The second kappa shape index (κ2) is 8.29. The van der Waals surface area contributed by atoms with Gasteiger partial charge in [-0.1, -0.05) is 23.1 Å². The van der Waals surface area contributed by atoms with Gasteiger partial charge in [-0.25, -0.2) is 0 Å². The number of rotatable bonds is 2. The zero-order chi connectivity index (χ0) is 21.4. The van der Waals surface area contributed by atoms with Crippen molar-refractivity contribution in [1.82, 2.24) is 0 Å². The molecule has 2 aromatic carbocycles. The summed E-state index contributed by atoms with van der Waals surface area (Å²) < 4.78 is 21.5. The summed E-state index contributed by atoms with van der Waals surface area (Å²) in [5.41, 5.74) is 5.43. The zero-order valence-electron chi connectivity index (χ0n) is 18.5. The van der Waals surface area contributed by atoms with E-state index in [1.54, 1.807) is 14.2 Å². The highest BCUT2D eigenvalue weighted by atomic mass is 127. The molecule has 0 bridgehead atoms. The van der Waals surface area contributed by atoms with Crippen LogP contribution in [0.4, 0.5) is 0 Å². The van der Waals surface area contributed by atoms with Gasteiger partial charge in [-0.2, -0.15) is 4.57 Å². The molecule has 3 unspecified atom stereocenters. The first-order chi connectivity index (χ1) is 15.7. The third-order valence-electron chi connectivity index (χ3n) is 7.23. The Bertz CT molecular complexity index is 1340. The minimum absolute atomic E-state index is 0. The van der Waals surface area contributed by atoms with Crippen LogP contribution >= 0.6 is 23.1 Å². The van der Waals surface area contributed by atoms with Crippen molar-refractivity contribution in [3.05, 3.63) is 63.5 Å². The van der Waals surface area contributed by atoms with Crippen molar-refractivity contribution in [2.24, 2.45) is 0 Å². The van der Waals surface area contributed by atoms with Gasteiger partial charge in [0.2, 0.25) is 5.52 Å². The molecule has 1 aromatic heterocycles. The Morgan fingerprint density at radius 1 is 0.970 bits per heavy atom. The van der Waals surface area contributed by atoms with E-state index in [0.717, 1.165) is 37.3 Å². The Balaban J connectivity index is 0.00000206. The summed E-state index contributed by atoms with van der Waals surface area (Å²) in [5, 5.41) is 1.33. The lowest BCUT2D eigenvalue weighted by molar-refractivity contribution is -0.674. The number of halogens is 1. The molecule has 4 heterocycles. The van der Waals surface area contributed by atoms with Gasteiger partial charge >= 0.3 is 0 Å². The largest absolute Gasteiger partial charge is 1.00 e. The van der Waals surface area contributed by atoms with Crippen molar-refractivity contribution < 1.29 is 42.8 Å². The molecule has 7 heteroatoms. The molecule has 4 nitrogen and oxygen atoms in total. The van der Waals surface area contributed by atoms with Gasteiger partial charge in [0.15, 0.2) is 6.54 Å². The Morgan fingerprint density at radius 3 is 2.64 bits per heavy atom. The van der Waals surface area contributed by atoms with Crippen molar-refractivity contribution in [3.8, 4) is 11.5 Å². The summed E-state index contributed by atoms with van der Waals surface area (Å²) in [5.74, 6) is 2.33. The molecule has 0 saturated heterocycles. The standard InChI is InChI=1S/C26H24NO3S2.HI/c1-28-14-3-7-23-17(11-14)16-5-6-21-18(25(16)31-23)13-19-22(30-21)9-10-27-20-12-15(29-2)4-8-24(20)32-26(19)27;/h3-4,7-8,11-13,16,21-22H,5-6,9-10H2,1-2H3;1H/q+1;/p-1. The van der Waals surface area contributed by atoms with Crippen LogP contribution in [0.3, 0.4) is 0 Å². The summed E-state index contributed by atoms with van der Waals surface area (Å²) in [6.07, 6.45) is 6.16.